The van der Waals surface area contributed by atoms with Gasteiger partial charge in [0, 0.05) is 13.3 Å². The molecule has 2 nitrogen and oxygen atoms in total. The maximum atomic E-state index is 11.2. The third-order valence-corrected chi connectivity index (χ3v) is 6.93. The number of allylic oxidation sites excluding steroid dienone is 1. The summed E-state index contributed by atoms with van der Waals surface area (Å²) in [6.07, 6.45) is 14.8. The Kier molecular flexibility index (Phi) is 3.59. The van der Waals surface area contributed by atoms with Crippen LogP contribution in [0.5, 0.6) is 0 Å². The van der Waals surface area contributed by atoms with Crippen LogP contribution in [0.15, 0.2) is 11.6 Å². The molecule has 21 heavy (non-hydrogen) atoms. The average molecular weight is 288 g/mol. The van der Waals surface area contributed by atoms with Gasteiger partial charge in [0.2, 0.25) is 0 Å². The van der Waals surface area contributed by atoms with E-state index in [1.165, 1.54) is 44.9 Å². The van der Waals surface area contributed by atoms with Gasteiger partial charge in [0.05, 0.1) is 0 Å². The van der Waals surface area contributed by atoms with Crippen LogP contribution in [0.25, 0.3) is 0 Å². The molecule has 0 heterocycles. The second-order valence-electron chi connectivity index (χ2n) is 7.89. The molecule has 0 amide bonds. The number of rotatable bonds is 1. The lowest BCUT2D eigenvalue weighted by Crippen LogP contribution is -2.41. The molecule has 0 radical (unpaired) electrons. The van der Waals surface area contributed by atoms with Gasteiger partial charge in [-0.1, -0.05) is 24.5 Å². The molecule has 0 spiro atoms. The van der Waals surface area contributed by atoms with Crippen LogP contribution < -0.4 is 0 Å². The Bertz CT molecular complexity index is 452. The maximum absolute atomic E-state index is 11.2. The molecule has 3 fully saturated rings. The van der Waals surface area contributed by atoms with E-state index in [1.807, 2.05) is 0 Å². The van der Waals surface area contributed by atoms with Gasteiger partial charge in [-0.05, 0) is 68.1 Å². The van der Waals surface area contributed by atoms with Crippen LogP contribution in [0.3, 0.4) is 0 Å². The number of carbonyl (C=O) groups excluding carboxylic acids is 1. The molecule has 2 heteroatoms. The Morgan fingerprint density at radius 2 is 1.95 bits per heavy atom. The fourth-order valence-electron chi connectivity index (χ4n) is 6.19. The minimum absolute atomic E-state index is 0.112. The van der Waals surface area contributed by atoms with Crippen molar-refractivity contribution in [1.29, 1.82) is 0 Å². The third-order valence-electron chi connectivity index (χ3n) is 6.93. The summed E-state index contributed by atoms with van der Waals surface area (Å²) >= 11 is 0. The van der Waals surface area contributed by atoms with E-state index >= 15 is 0 Å². The summed E-state index contributed by atoms with van der Waals surface area (Å²) in [5.41, 5.74) is 1.63. The molecule has 3 saturated carbocycles. The van der Waals surface area contributed by atoms with E-state index < -0.39 is 0 Å². The number of hydrogen-bond acceptors (Lipinski definition) is 2. The SMILES string of the molecule is CC(=O)OC1CCC2C(=CCC3C4CCCC4CCC23)C1. The molecular formula is C19H28O2. The average Bonchev–Trinajstić information content (AvgIpc) is 2.94. The predicted octanol–water partition coefficient (Wildman–Crippen LogP) is 4.49. The van der Waals surface area contributed by atoms with E-state index in [1.54, 1.807) is 12.5 Å². The first kappa shape index (κ1) is 13.8. The highest BCUT2D eigenvalue weighted by atomic mass is 16.5. The number of carbonyl (C=O) groups is 1. The normalized spacial score (nSPS) is 45.1. The molecule has 0 N–H and O–H groups in total. The number of ether oxygens (including phenoxy) is 1. The Morgan fingerprint density at radius 3 is 2.81 bits per heavy atom. The monoisotopic (exact) mass is 288 g/mol. The van der Waals surface area contributed by atoms with Gasteiger partial charge in [-0.2, -0.15) is 0 Å². The first-order chi connectivity index (χ1) is 10.2. The van der Waals surface area contributed by atoms with Gasteiger partial charge in [0.15, 0.2) is 0 Å². The van der Waals surface area contributed by atoms with E-state index in [9.17, 15) is 4.79 Å². The summed E-state index contributed by atoms with van der Waals surface area (Å²) < 4.78 is 5.47. The quantitative estimate of drug-likeness (QED) is 0.525. The second kappa shape index (κ2) is 5.44. The summed E-state index contributed by atoms with van der Waals surface area (Å²) in [5, 5.41) is 0. The van der Waals surface area contributed by atoms with Crippen LogP contribution in [-0.2, 0) is 9.53 Å². The zero-order chi connectivity index (χ0) is 14.4. The van der Waals surface area contributed by atoms with Crippen LogP contribution in [-0.4, -0.2) is 12.1 Å². The molecule has 6 atom stereocenters. The fraction of sp³-hybridized carbons (Fsp3) is 0.842. The highest BCUT2D eigenvalue weighted by Crippen LogP contribution is 2.56. The number of hydrogen-bond donors (Lipinski definition) is 0. The van der Waals surface area contributed by atoms with Gasteiger partial charge < -0.3 is 4.74 Å². The highest BCUT2D eigenvalue weighted by Gasteiger charge is 2.47. The van der Waals surface area contributed by atoms with Crippen LogP contribution in [0.1, 0.15) is 64.7 Å². The molecule has 0 aromatic heterocycles. The van der Waals surface area contributed by atoms with Gasteiger partial charge in [0.1, 0.15) is 6.10 Å². The van der Waals surface area contributed by atoms with Gasteiger partial charge in [-0.3, -0.25) is 4.79 Å². The number of fused-ring (bicyclic) bond motifs is 5. The van der Waals surface area contributed by atoms with Crippen LogP contribution in [0.4, 0.5) is 0 Å². The van der Waals surface area contributed by atoms with Crippen molar-refractivity contribution in [1.82, 2.24) is 0 Å². The van der Waals surface area contributed by atoms with Crippen molar-refractivity contribution < 1.29 is 9.53 Å². The Labute approximate surface area is 128 Å². The van der Waals surface area contributed by atoms with Gasteiger partial charge in [0.25, 0.3) is 0 Å². The maximum Gasteiger partial charge on any atom is 0.302 e. The van der Waals surface area contributed by atoms with E-state index in [2.05, 4.69) is 6.08 Å². The summed E-state index contributed by atoms with van der Waals surface area (Å²) in [7, 11) is 0. The molecule has 0 aliphatic heterocycles. The van der Waals surface area contributed by atoms with Crippen molar-refractivity contribution in [3.8, 4) is 0 Å². The molecule has 6 unspecified atom stereocenters. The van der Waals surface area contributed by atoms with Crippen molar-refractivity contribution in [3.63, 3.8) is 0 Å². The van der Waals surface area contributed by atoms with E-state index in [-0.39, 0.29) is 12.1 Å². The fourth-order valence-corrected chi connectivity index (χ4v) is 6.19. The van der Waals surface area contributed by atoms with E-state index in [0.29, 0.717) is 0 Å². The van der Waals surface area contributed by atoms with Gasteiger partial charge in [-0.15, -0.1) is 0 Å². The van der Waals surface area contributed by atoms with Crippen molar-refractivity contribution >= 4 is 5.97 Å². The summed E-state index contributed by atoms with van der Waals surface area (Å²) in [6, 6.07) is 0. The van der Waals surface area contributed by atoms with Crippen molar-refractivity contribution in [2.45, 2.75) is 70.8 Å². The molecule has 0 aromatic rings. The Morgan fingerprint density at radius 1 is 1.05 bits per heavy atom. The van der Waals surface area contributed by atoms with E-state index in [4.69, 9.17) is 4.74 Å². The third kappa shape index (κ3) is 2.45. The summed E-state index contributed by atoms with van der Waals surface area (Å²) in [6.45, 7) is 1.54. The lowest BCUT2D eigenvalue weighted by molar-refractivity contribution is -0.147. The Hall–Kier alpha value is -0.790. The standard InChI is InChI=1S/C19H28O2/c1-12(20)21-15-7-10-17-14(11-15)6-9-18-16-4-2-3-13(16)5-8-19(17)18/h6,13,15-19H,2-5,7-11H2,1H3. The van der Waals surface area contributed by atoms with Crippen LogP contribution in [0.2, 0.25) is 0 Å². The highest BCUT2D eigenvalue weighted by molar-refractivity contribution is 5.66. The summed E-state index contributed by atoms with van der Waals surface area (Å²) in [4.78, 5) is 11.2. The molecule has 0 saturated heterocycles. The zero-order valence-corrected chi connectivity index (χ0v) is 13.2. The lowest BCUT2D eigenvalue weighted by Gasteiger charge is -2.49. The molecule has 4 rings (SSSR count). The van der Waals surface area contributed by atoms with Crippen molar-refractivity contribution in [2.75, 3.05) is 0 Å². The minimum Gasteiger partial charge on any atom is -0.462 e. The smallest absolute Gasteiger partial charge is 0.302 e. The molecular weight excluding hydrogens is 260 g/mol. The lowest BCUT2D eigenvalue weighted by atomic mass is 9.57. The minimum atomic E-state index is -0.112. The molecule has 0 bridgehead atoms. The van der Waals surface area contributed by atoms with Crippen molar-refractivity contribution in [3.05, 3.63) is 11.6 Å². The largest absolute Gasteiger partial charge is 0.462 e. The van der Waals surface area contributed by atoms with Crippen molar-refractivity contribution in [2.24, 2.45) is 29.6 Å². The Balaban J connectivity index is 1.50. The van der Waals surface area contributed by atoms with E-state index in [0.717, 1.165) is 42.4 Å². The second-order valence-corrected chi connectivity index (χ2v) is 7.89. The topological polar surface area (TPSA) is 26.3 Å². The predicted molar refractivity (Wildman–Crippen MR) is 82.6 cm³/mol. The first-order valence-corrected chi connectivity index (χ1v) is 9.08. The molecule has 4 aliphatic carbocycles. The van der Waals surface area contributed by atoms with Crippen LogP contribution in [0, 0.1) is 29.6 Å². The van der Waals surface area contributed by atoms with Gasteiger partial charge in [-0.25, -0.2) is 0 Å². The van der Waals surface area contributed by atoms with Gasteiger partial charge >= 0.3 is 5.97 Å². The number of esters is 1. The molecule has 116 valence electrons. The zero-order valence-electron chi connectivity index (χ0n) is 13.2. The first-order valence-electron chi connectivity index (χ1n) is 9.08. The molecule has 0 aromatic carbocycles. The van der Waals surface area contributed by atoms with Crippen LogP contribution >= 0.6 is 0 Å². The molecule has 4 aliphatic rings. The summed E-state index contributed by atoms with van der Waals surface area (Å²) in [5.74, 6) is 4.72.